The van der Waals surface area contributed by atoms with Crippen LogP contribution in [0.1, 0.15) is 49.8 Å². The normalized spacial score (nSPS) is 19.4. The first-order chi connectivity index (χ1) is 13.9. The Hall–Kier alpha value is -2.15. The summed E-state index contributed by atoms with van der Waals surface area (Å²) < 4.78 is 79.2. The molecule has 7 heteroatoms. The van der Waals surface area contributed by atoms with Crippen molar-refractivity contribution in [1.82, 2.24) is 0 Å². The van der Waals surface area contributed by atoms with Gasteiger partial charge in [-0.2, -0.15) is 0 Å². The second-order valence-electron chi connectivity index (χ2n) is 7.37. The average molecular weight is 414 g/mol. The summed E-state index contributed by atoms with van der Waals surface area (Å²) in [6.07, 6.45) is 2.82. The molecule has 2 unspecified atom stereocenters. The highest BCUT2D eigenvalue weighted by Crippen LogP contribution is 2.33. The first-order valence-corrected chi connectivity index (χ1v) is 9.75. The van der Waals surface area contributed by atoms with Gasteiger partial charge in [0.1, 0.15) is 0 Å². The van der Waals surface area contributed by atoms with Gasteiger partial charge in [0, 0.05) is 5.92 Å². The molecule has 1 saturated heterocycles. The number of rotatable bonds is 7. The predicted octanol–water partition coefficient (Wildman–Crippen LogP) is 6.27. The molecule has 0 N–H and O–H groups in total. The Kier molecular flexibility index (Phi) is 7.11. The van der Waals surface area contributed by atoms with Crippen LogP contribution in [0.5, 0.6) is 5.75 Å². The van der Waals surface area contributed by atoms with Crippen LogP contribution in [0.25, 0.3) is 0 Å². The zero-order valence-electron chi connectivity index (χ0n) is 16.1. The Morgan fingerprint density at radius 3 is 2.14 bits per heavy atom. The van der Waals surface area contributed by atoms with Crippen molar-refractivity contribution in [1.29, 1.82) is 0 Å². The Morgan fingerprint density at radius 1 is 0.931 bits per heavy atom. The second-order valence-corrected chi connectivity index (χ2v) is 7.37. The van der Waals surface area contributed by atoms with Crippen LogP contribution in [0, 0.1) is 35.0 Å². The largest absolute Gasteiger partial charge is 0.487 e. The van der Waals surface area contributed by atoms with Gasteiger partial charge in [-0.3, -0.25) is 0 Å². The van der Waals surface area contributed by atoms with E-state index in [1.54, 1.807) is 0 Å². The summed E-state index contributed by atoms with van der Waals surface area (Å²) in [5.74, 6) is -6.04. The van der Waals surface area contributed by atoms with Crippen LogP contribution < -0.4 is 4.74 Å². The lowest BCUT2D eigenvalue weighted by atomic mass is 9.95. The van der Waals surface area contributed by atoms with E-state index in [1.807, 2.05) is 6.92 Å². The van der Waals surface area contributed by atoms with Crippen molar-refractivity contribution in [3.8, 4) is 5.75 Å². The van der Waals surface area contributed by atoms with Crippen molar-refractivity contribution in [3.05, 3.63) is 64.5 Å². The molecule has 0 bridgehead atoms. The Morgan fingerprint density at radius 2 is 1.59 bits per heavy atom. The molecule has 2 aromatic rings. The Balaban J connectivity index is 1.55. The molecular weight excluding hydrogens is 391 g/mol. The molecule has 1 aliphatic rings. The van der Waals surface area contributed by atoms with Gasteiger partial charge in [0.2, 0.25) is 0 Å². The molecule has 0 aromatic heterocycles. The summed E-state index contributed by atoms with van der Waals surface area (Å²) in [5.41, 5.74) is 0.817. The monoisotopic (exact) mass is 414 g/mol. The van der Waals surface area contributed by atoms with Crippen LogP contribution in [-0.2, 0) is 11.2 Å². The van der Waals surface area contributed by atoms with Crippen LogP contribution in [0.4, 0.5) is 22.0 Å². The first-order valence-electron chi connectivity index (χ1n) is 9.75. The Bertz CT molecular complexity index is 801. The van der Waals surface area contributed by atoms with Gasteiger partial charge < -0.3 is 9.47 Å². The van der Waals surface area contributed by atoms with Crippen molar-refractivity contribution in [3.63, 3.8) is 0 Å². The van der Waals surface area contributed by atoms with E-state index in [0.717, 1.165) is 25.0 Å². The molecule has 29 heavy (non-hydrogen) atoms. The molecule has 2 atom stereocenters. The lowest BCUT2D eigenvalue weighted by Gasteiger charge is -2.29. The molecule has 0 spiro atoms. The summed E-state index contributed by atoms with van der Waals surface area (Å²) in [6, 6.07) is 4.42. The van der Waals surface area contributed by atoms with Gasteiger partial charge >= 0.3 is 0 Å². The van der Waals surface area contributed by atoms with Gasteiger partial charge in [-0.15, -0.1) is 0 Å². The maximum absolute atomic E-state index is 14.2. The molecule has 1 fully saturated rings. The van der Waals surface area contributed by atoms with E-state index in [9.17, 15) is 22.0 Å². The van der Waals surface area contributed by atoms with Crippen molar-refractivity contribution in [2.45, 2.75) is 45.1 Å². The van der Waals surface area contributed by atoms with Gasteiger partial charge in [-0.25, -0.2) is 22.0 Å². The number of unbranched alkanes of at least 4 members (excludes halogenated alkanes) is 1. The maximum Gasteiger partial charge on any atom is 0.194 e. The van der Waals surface area contributed by atoms with Gasteiger partial charge in [-0.1, -0.05) is 13.3 Å². The highest BCUT2D eigenvalue weighted by atomic mass is 19.2. The van der Waals surface area contributed by atoms with E-state index in [0.29, 0.717) is 24.8 Å². The lowest BCUT2D eigenvalue weighted by Crippen LogP contribution is -2.26. The molecule has 0 saturated carbocycles. The van der Waals surface area contributed by atoms with Crippen molar-refractivity contribution < 1.29 is 31.4 Å². The number of halogens is 5. The SMILES string of the molecule is CCCCc1cc(F)c(OCC2CCC(c3cc(F)c(F)c(F)c3)OC2)c(F)c1. The topological polar surface area (TPSA) is 18.5 Å². The van der Waals surface area contributed by atoms with Crippen LogP contribution in [0.3, 0.4) is 0 Å². The lowest BCUT2D eigenvalue weighted by molar-refractivity contribution is -0.0294. The van der Waals surface area contributed by atoms with E-state index in [1.165, 1.54) is 12.1 Å². The maximum atomic E-state index is 14.2. The molecule has 2 nitrogen and oxygen atoms in total. The third-order valence-corrected chi connectivity index (χ3v) is 5.09. The minimum atomic E-state index is -1.51. The number of aryl methyl sites for hydroxylation is 1. The number of benzene rings is 2. The van der Waals surface area contributed by atoms with Crippen molar-refractivity contribution >= 4 is 0 Å². The number of hydrogen-bond acceptors (Lipinski definition) is 2. The summed E-state index contributed by atoms with van der Waals surface area (Å²) in [4.78, 5) is 0. The zero-order chi connectivity index (χ0) is 21.0. The van der Waals surface area contributed by atoms with Gasteiger partial charge in [0.05, 0.1) is 19.3 Å². The van der Waals surface area contributed by atoms with Crippen LogP contribution >= 0.6 is 0 Å². The fourth-order valence-corrected chi connectivity index (χ4v) is 3.44. The molecule has 1 aliphatic heterocycles. The number of ether oxygens (including phenoxy) is 2. The minimum Gasteiger partial charge on any atom is -0.487 e. The molecule has 0 aliphatic carbocycles. The van der Waals surface area contributed by atoms with Crippen LogP contribution in [0.2, 0.25) is 0 Å². The fourth-order valence-electron chi connectivity index (χ4n) is 3.44. The second kappa shape index (κ2) is 9.57. The minimum absolute atomic E-state index is 0.0566. The highest BCUT2D eigenvalue weighted by Gasteiger charge is 2.26. The van der Waals surface area contributed by atoms with Crippen LogP contribution in [-0.4, -0.2) is 13.2 Å². The average Bonchev–Trinajstić information content (AvgIpc) is 2.70. The van der Waals surface area contributed by atoms with E-state index in [2.05, 4.69) is 0 Å². The molecule has 3 rings (SSSR count). The summed E-state index contributed by atoms with van der Waals surface area (Å²) in [7, 11) is 0. The van der Waals surface area contributed by atoms with Gasteiger partial charge in [0.25, 0.3) is 0 Å². The van der Waals surface area contributed by atoms with Crippen molar-refractivity contribution in [2.24, 2.45) is 5.92 Å². The molecule has 158 valence electrons. The van der Waals surface area contributed by atoms with E-state index in [4.69, 9.17) is 9.47 Å². The molecule has 1 heterocycles. The standard InChI is InChI=1S/C22H23F5O2/c1-2-3-4-13-7-18(25)22(19(26)8-13)29-12-14-5-6-20(28-11-14)15-9-16(23)21(27)17(24)10-15/h7-10,14,20H,2-6,11-12H2,1H3. The molecule has 2 aromatic carbocycles. The highest BCUT2D eigenvalue weighted by molar-refractivity contribution is 5.31. The zero-order valence-corrected chi connectivity index (χ0v) is 16.1. The predicted molar refractivity (Wildman–Crippen MR) is 98.2 cm³/mol. The molecule has 0 radical (unpaired) electrons. The number of hydrogen-bond donors (Lipinski definition) is 0. The van der Waals surface area contributed by atoms with Gasteiger partial charge in [0.15, 0.2) is 34.8 Å². The molecule has 0 amide bonds. The summed E-state index contributed by atoms with van der Waals surface area (Å²) in [6.45, 7) is 2.26. The fraction of sp³-hybridized carbons (Fsp3) is 0.455. The quantitative estimate of drug-likeness (QED) is 0.393. The third-order valence-electron chi connectivity index (χ3n) is 5.09. The summed E-state index contributed by atoms with van der Waals surface area (Å²) >= 11 is 0. The third kappa shape index (κ3) is 5.26. The van der Waals surface area contributed by atoms with E-state index < -0.39 is 40.9 Å². The Labute approximate surface area is 166 Å². The first kappa shape index (κ1) is 21.6. The molecular formula is C22H23F5O2. The van der Waals surface area contributed by atoms with E-state index in [-0.39, 0.29) is 24.7 Å². The smallest absolute Gasteiger partial charge is 0.194 e. The van der Waals surface area contributed by atoms with Crippen molar-refractivity contribution in [2.75, 3.05) is 13.2 Å². The van der Waals surface area contributed by atoms with Crippen LogP contribution in [0.15, 0.2) is 24.3 Å². The van der Waals surface area contributed by atoms with E-state index >= 15 is 0 Å². The van der Waals surface area contributed by atoms with Gasteiger partial charge in [-0.05, 0) is 61.1 Å². The summed E-state index contributed by atoms with van der Waals surface area (Å²) in [5, 5.41) is 0.